The number of hydrogen-bond donors (Lipinski definition) is 1. The van der Waals surface area contributed by atoms with E-state index >= 15 is 0 Å². The lowest BCUT2D eigenvalue weighted by atomic mass is 10.1. The lowest BCUT2D eigenvalue weighted by molar-refractivity contribution is 0.102. The molecule has 1 amide bonds. The van der Waals surface area contributed by atoms with Gasteiger partial charge in [0.25, 0.3) is 5.91 Å². The zero-order valence-electron chi connectivity index (χ0n) is 14.5. The first-order chi connectivity index (χ1) is 13.6. The van der Waals surface area contributed by atoms with E-state index in [9.17, 15) is 4.79 Å². The van der Waals surface area contributed by atoms with Crippen molar-refractivity contribution in [3.05, 3.63) is 93.8 Å². The zero-order chi connectivity index (χ0) is 19.5. The number of aromatic nitrogens is 1. The third-order valence-electron chi connectivity index (χ3n) is 4.12. The predicted molar refractivity (Wildman–Crippen MR) is 117 cm³/mol. The van der Waals surface area contributed by atoms with Crippen LogP contribution in [0, 0.1) is 0 Å². The average Bonchev–Trinajstić information content (AvgIpc) is 3.19. The number of anilines is 1. The maximum absolute atomic E-state index is 12.4. The van der Waals surface area contributed by atoms with E-state index in [4.69, 9.17) is 28.2 Å². The highest BCUT2D eigenvalue weighted by Gasteiger charge is 2.10. The van der Waals surface area contributed by atoms with Crippen LogP contribution in [-0.4, -0.2) is 10.9 Å². The van der Waals surface area contributed by atoms with Crippen molar-refractivity contribution < 1.29 is 4.79 Å². The summed E-state index contributed by atoms with van der Waals surface area (Å²) in [5, 5.41) is 7.13. The molecule has 0 saturated heterocycles. The fourth-order valence-electron chi connectivity index (χ4n) is 2.69. The summed E-state index contributed by atoms with van der Waals surface area (Å²) < 4.78 is 0. The second-order valence-electron chi connectivity index (χ2n) is 6.09. The second-order valence-corrected chi connectivity index (χ2v) is 7.82. The van der Waals surface area contributed by atoms with Crippen molar-refractivity contribution in [1.29, 1.82) is 0 Å². The highest BCUT2D eigenvalue weighted by molar-refractivity contribution is 7.13. The number of benzene rings is 3. The third-order valence-corrected chi connectivity index (χ3v) is 5.51. The Hall–Kier alpha value is -2.66. The van der Waals surface area contributed by atoms with E-state index in [1.807, 2.05) is 53.9 Å². The Morgan fingerprint density at radius 3 is 2.25 bits per heavy atom. The Morgan fingerprint density at radius 2 is 1.54 bits per heavy atom. The van der Waals surface area contributed by atoms with Crippen LogP contribution < -0.4 is 5.32 Å². The Labute approximate surface area is 176 Å². The molecule has 0 aliphatic carbocycles. The SMILES string of the molecule is O=C(Nc1cccc(-c2csc(-c3ccc(Cl)cc3)n2)c1)c1ccc(Cl)cc1. The van der Waals surface area contributed by atoms with Gasteiger partial charge in [-0.3, -0.25) is 4.79 Å². The maximum Gasteiger partial charge on any atom is 0.255 e. The molecule has 4 rings (SSSR count). The van der Waals surface area contributed by atoms with Crippen molar-refractivity contribution in [1.82, 2.24) is 4.98 Å². The zero-order valence-corrected chi connectivity index (χ0v) is 16.9. The van der Waals surface area contributed by atoms with E-state index in [0.717, 1.165) is 21.8 Å². The van der Waals surface area contributed by atoms with Crippen LogP contribution in [0.25, 0.3) is 21.8 Å². The molecule has 0 bridgehead atoms. The Balaban J connectivity index is 1.55. The first-order valence-electron chi connectivity index (χ1n) is 8.47. The summed E-state index contributed by atoms with van der Waals surface area (Å²) in [6, 6.07) is 22.0. The molecular formula is C22H14Cl2N2OS. The summed E-state index contributed by atoms with van der Waals surface area (Å²) in [6.07, 6.45) is 0. The van der Waals surface area contributed by atoms with Crippen molar-refractivity contribution in [2.24, 2.45) is 0 Å². The number of amides is 1. The Morgan fingerprint density at radius 1 is 0.857 bits per heavy atom. The fourth-order valence-corrected chi connectivity index (χ4v) is 3.78. The molecule has 0 unspecified atom stereocenters. The number of nitrogens with one attached hydrogen (secondary N) is 1. The first-order valence-corrected chi connectivity index (χ1v) is 10.1. The molecule has 0 aliphatic rings. The third kappa shape index (κ3) is 4.25. The molecular weight excluding hydrogens is 411 g/mol. The number of halogens is 2. The van der Waals surface area contributed by atoms with Gasteiger partial charge in [0.15, 0.2) is 0 Å². The number of hydrogen-bond acceptors (Lipinski definition) is 3. The molecule has 0 saturated carbocycles. The lowest BCUT2D eigenvalue weighted by Crippen LogP contribution is -2.11. The van der Waals surface area contributed by atoms with Crippen LogP contribution in [0.4, 0.5) is 5.69 Å². The maximum atomic E-state index is 12.4. The number of nitrogens with zero attached hydrogens (tertiary/aromatic N) is 1. The van der Waals surface area contributed by atoms with Crippen LogP contribution in [-0.2, 0) is 0 Å². The summed E-state index contributed by atoms with van der Waals surface area (Å²) in [5.74, 6) is -0.186. The fraction of sp³-hybridized carbons (Fsp3) is 0. The van der Waals surface area contributed by atoms with Crippen molar-refractivity contribution in [2.75, 3.05) is 5.32 Å². The molecule has 138 valence electrons. The van der Waals surface area contributed by atoms with Gasteiger partial charge in [-0.2, -0.15) is 0 Å². The summed E-state index contributed by atoms with van der Waals surface area (Å²) in [4.78, 5) is 17.1. The number of carbonyl (C=O) groups is 1. The van der Waals surface area contributed by atoms with E-state index in [1.165, 1.54) is 0 Å². The molecule has 3 aromatic carbocycles. The smallest absolute Gasteiger partial charge is 0.255 e. The van der Waals surface area contributed by atoms with Crippen LogP contribution in [0.2, 0.25) is 10.0 Å². The van der Waals surface area contributed by atoms with Gasteiger partial charge in [0, 0.05) is 37.8 Å². The minimum Gasteiger partial charge on any atom is -0.322 e. The van der Waals surface area contributed by atoms with Crippen LogP contribution >= 0.6 is 34.5 Å². The summed E-state index contributed by atoms with van der Waals surface area (Å²) in [6.45, 7) is 0. The monoisotopic (exact) mass is 424 g/mol. The van der Waals surface area contributed by atoms with Crippen LogP contribution in [0.15, 0.2) is 78.2 Å². The molecule has 0 atom stereocenters. The van der Waals surface area contributed by atoms with E-state index < -0.39 is 0 Å². The van der Waals surface area contributed by atoms with E-state index in [2.05, 4.69) is 5.32 Å². The molecule has 0 spiro atoms. The molecule has 4 aromatic rings. The van der Waals surface area contributed by atoms with Crippen molar-refractivity contribution >= 4 is 46.1 Å². The minimum absolute atomic E-state index is 0.186. The quantitative estimate of drug-likeness (QED) is 0.381. The van der Waals surface area contributed by atoms with Crippen LogP contribution in [0.1, 0.15) is 10.4 Å². The second kappa shape index (κ2) is 8.15. The van der Waals surface area contributed by atoms with Crippen LogP contribution in [0.3, 0.4) is 0 Å². The first kappa shape index (κ1) is 18.7. The van der Waals surface area contributed by atoms with Gasteiger partial charge < -0.3 is 5.32 Å². The predicted octanol–water partition coefficient (Wildman–Crippen LogP) is 7.04. The number of carbonyl (C=O) groups excluding carboxylic acids is 1. The highest BCUT2D eigenvalue weighted by Crippen LogP contribution is 2.30. The summed E-state index contributed by atoms with van der Waals surface area (Å²) in [7, 11) is 0. The molecule has 1 aromatic heterocycles. The van der Waals surface area contributed by atoms with E-state index in [1.54, 1.807) is 35.6 Å². The van der Waals surface area contributed by atoms with Gasteiger partial charge in [-0.25, -0.2) is 4.98 Å². The van der Waals surface area contributed by atoms with Gasteiger partial charge in [-0.1, -0.05) is 47.5 Å². The van der Waals surface area contributed by atoms with Gasteiger partial charge in [0.2, 0.25) is 0 Å². The molecule has 1 heterocycles. The molecule has 1 N–H and O–H groups in total. The highest BCUT2D eigenvalue weighted by atomic mass is 35.5. The average molecular weight is 425 g/mol. The van der Waals surface area contributed by atoms with Crippen molar-refractivity contribution in [3.8, 4) is 21.8 Å². The van der Waals surface area contributed by atoms with E-state index in [-0.39, 0.29) is 5.91 Å². The lowest BCUT2D eigenvalue weighted by Gasteiger charge is -2.07. The van der Waals surface area contributed by atoms with Crippen LogP contribution in [0.5, 0.6) is 0 Å². The Bertz CT molecular complexity index is 1120. The van der Waals surface area contributed by atoms with Crippen molar-refractivity contribution in [3.63, 3.8) is 0 Å². The molecule has 6 heteroatoms. The molecule has 3 nitrogen and oxygen atoms in total. The Kier molecular flexibility index (Phi) is 5.44. The largest absolute Gasteiger partial charge is 0.322 e. The summed E-state index contributed by atoms with van der Waals surface area (Å²) >= 11 is 13.4. The van der Waals surface area contributed by atoms with Crippen molar-refractivity contribution in [2.45, 2.75) is 0 Å². The number of rotatable bonds is 4. The van der Waals surface area contributed by atoms with Gasteiger partial charge in [0.05, 0.1) is 5.69 Å². The van der Waals surface area contributed by atoms with Gasteiger partial charge in [-0.05, 0) is 48.5 Å². The topological polar surface area (TPSA) is 42.0 Å². The standard InChI is InChI=1S/C22H14Cl2N2OS/c23-17-8-4-14(5-9-17)21(27)25-19-3-1-2-16(12-19)20-13-28-22(26-20)15-6-10-18(24)11-7-15/h1-13H,(H,25,27). The summed E-state index contributed by atoms with van der Waals surface area (Å²) in [5.41, 5.74) is 4.07. The molecule has 0 fully saturated rings. The molecule has 0 radical (unpaired) electrons. The normalized spacial score (nSPS) is 10.6. The van der Waals surface area contributed by atoms with Gasteiger partial charge in [-0.15, -0.1) is 11.3 Å². The van der Waals surface area contributed by atoms with E-state index in [0.29, 0.717) is 21.3 Å². The van der Waals surface area contributed by atoms with Gasteiger partial charge >= 0.3 is 0 Å². The molecule has 28 heavy (non-hydrogen) atoms. The molecule has 0 aliphatic heterocycles. The minimum atomic E-state index is -0.186. The number of thiazole rings is 1. The van der Waals surface area contributed by atoms with Gasteiger partial charge in [0.1, 0.15) is 5.01 Å².